The van der Waals surface area contributed by atoms with Crippen LogP contribution in [0, 0.1) is 0 Å². The van der Waals surface area contributed by atoms with Crippen molar-refractivity contribution in [3.05, 3.63) is 76.7 Å². The Morgan fingerprint density at radius 3 is 2.33 bits per heavy atom. The number of aromatic nitrogens is 4. The fourth-order valence-corrected chi connectivity index (χ4v) is 8.97. The number of halogens is 2. The molecule has 2 aromatic carbocycles. The van der Waals surface area contributed by atoms with Crippen molar-refractivity contribution >= 4 is 23.2 Å². The molecule has 2 fully saturated rings. The van der Waals surface area contributed by atoms with Crippen LogP contribution in [-0.2, 0) is 26.4 Å². The molecular formula is C39H48F2N8O3. The predicted molar refractivity (Wildman–Crippen MR) is 195 cm³/mol. The summed E-state index contributed by atoms with van der Waals surface area (Å²) in [6.45, 7) is 7.59. The highest BCUT2D eigenvalue weighted by Gasteiger charge is 2.36. The van der Waals surface area contributed by atoms with Gasteiger partial charge in [-0.2, -0.15) is 10.2 Å². The highest BCUT2D eigenvalue weighted by atomic mass is 19.3. The van der Waals surface area contributed by atoms with E-state index in [9.17, 15) is 23.8 Å². The SMILES string of the molecule is CC(O)N1CCc2c(c(N3CCCc4cc(-c5cnn(C)c5)c(C(F)F)cc43)nn2C2CCC(N3CCN(c4ccc(C(=O)O)cc4)CC3)CC2)C1. The van der Waals surface area contributed by atoms with Crippen molar-refractivity contribution in [2.24, 2.45) is 7.05 Å². The fourth-order valence-electron chi connectivity index (χ4n) is 8.97. The summed E-state index contributed by atoms with van der Waals surface area (Å²) in [4.78, 5) is 20.5. The third-order valence-corrected chi connectivity index (χ3v) is 11.8. The number of aliphatic hydroxyl groups is 1. The zero-order valence-corrected chi connectivity index (χ0v) is 30.0. The molecule has 0 radical (unpaired) electrons. The van der Waals surface area contributed by atoms with Crippen LogP contribution in [0.15, 0.2) is 48.8 Å². The number of alkyl halides is 2. The molecule has 4 aromatic rings. The van der Waals surface area contributed by atoms with E-state index in [0.717, 1.165) is 106 Å². The van der Waals surface area contributed by atoms with Crippen LogP contribution in [-0.4, -0.2) is 97.1 Å². The lowest BCUT2D eigenvalue weighted by Gasteiger charge is -2.43. The van der Waals surface area contributed by atoms with Gasteiger partial charge in [-0.15, -0.1) is 0 Å². The summed E-state index contributed by atoms with van der Waals surface area (Å²) in [6, 6.07) is 11.6. The van der Waals surface area contributed by atoms with Gasteiger partial charge in [0.25, 0.3) is 6.43 Å². The zero-order chi connectivity index (χ0) is 36.1. The molecule has 2 aromatic heterocycles. The van der Waals surface area contributed by atoms with Crippen molar-refractivity contribution in [3.8, 4) is 11.1 Å². The Kier molecular flexibility index (Phi) is 9.52. The van der Waals surface area contributed by atoms with Crippen LogP contribution in [0.3, 0.4) is 0 Å². The summed E-state index contributed by atoms with van der Waals surface area (Å²) in [7, 11) is 1.79. The van der Waals surface area contributed by atoms with Crippen molar-refractivity contribution in [1.29, 1.82) is 0 Å². The average Bonchev–Trinajstić information content (AvgIpc) is 3.77. The number of benzene rings is 2. The highest BCUT2D eigenvalue weighted by Crippen LogP contribution is 2.44. The van der Waals surface area contributed by atoms with Crippen molar-refractivity contribution < 1.29 is 23.8 Å². The van der Waals surface area contributed by atoms with Gasteiger partial charge in [0.2, 0.25) is 0 Å². The number of nitrogens with zero attached hydrogens (tertiary/aromatic N) is 8. The zero-order valence-electron chi connectivity index (χ0n) is 30.0. The molecule has 0 spiro atoms. The summed E-state index contributed by atoms with van der Waals surface area (Å²) in [5.41, 5.74) is 6.76. The van der Waals surface area contributed by atoms with E-state index in [1.54, 1.807) is 49.2 Å². The Morgan fingerprint density at radius 2 is 1.67 bits per heavy atom. The lowest BCUT2D eigenvalue weighted by Crippen LogP contribution is -2.51. The number of hydrogen-bond acceptors (Lipinski definition) is 8. The molecule has 13 heteroatoms. The van der Waals surface area contributed by atoms with E-state index in [2.05, 4.69) is 29.4 Å². The van der Waals surface area contributed by atoms with E-state index in [1.165, 1.54) is 5.69 Å². The number of carbonyl (C=O) groups is 1. The van der Waals surface area contributed by atoms with Crippen LogP contribution in [0.5, 0.6) is 0 Å². The number of carboxylic acid groups (broad SMARTS) is 1. The number of rotatable bonds is 8. The topological polar surface area (TPSA) is 106 Å². The molecule has 4 aliphatic rings. The van der Waals surface area contributed by atoms with Gasteiger partial charge in [-0.25, -0.2) is 13.6 Å². The lowest BCUT2D eigenvalue weighted by atomic mass is 9.89. The smallest absolute Gasteiger partial charge is 0.335 e. The first kappa shape index (κ1) is 34.7. The molecule has 1 saturated carbocycles. The summed E-state index contributed by atoms with van der Waals surface area (Å²) >= 11 is 0. The van der Waals surface area contributed by atoms with Gasteiger partial charge in [0.05, 0.1) is 17.8 Å². The fraction of sp³-hybridized carbons (Fsp3) is 0.513. The van der Waals surface area contributed by atoms with Gasteiger partial charge in [0, 0.05) is 105 Å². The van der Waals surface area contributed by atoms with Gasteiger partial charge in [0.1, 0.15) is 6.23 Å². The number of piperazine rings is 1. The van der Waals surface area contributed by atoms with E-state index in [1.807, 2.05) is 18.2 Å². The van der Waals surface area contributed by atoms with Crippen LogP contribution in [0.25, 0.3) is 11.1 Å². The van der Waals surface area contributed by atoms with Crippen LogP contribution in [0.1, 0.15) is 84.2 Å². The third-order valence-electron chi connectivity index (χ3n) is 11.8. The van der Waals surface area contributed by atoms with Crippen molar-refractivity contribution in [2.75, 3.05) is 49.1 Å². The van der Waals surface area contributed by atoms with Crippen LogP contribution in [0.4, 0.5) is 26.0 Å². The first-order chi connectivity index (χ1) is 25.1. The number of aliphatic hydroxyl groups excluding tert-OH is 1. The number of fused-ring (bicyclic) bond motifs is 2. The molecule has 2 N–H and O–H groups in total. The molecule has 5 heterocycles. The summed E-state index contributed by atoms with van der Waals surface area (Å²) in [5, 5.41) is 29.4. The number of anilines is 3. The van der Waals surface area contributed by atoms with E-state index >= 15 is 0 Å². The number of aromatic carboxylic acids is 1. The Morgan fingerprint density at radius 1 is 0.942 bits per heavy atom. The average molecular weight is 715 g/mol. The normalized spacial score (nSPS) is 22.0. The Balaban J connectivity index is 1.02. The van der Waals surface area contributed by atoms with Crippen molar-refractivity contribution in [3.63, 3.8) is 0 Å². The third kappa shape index (κ3) is 6.58. The number of aryl methyl sites for hydroxylation is 2. The van der Waals surface area contributed by atoms with Gasteiger partial charge >= 0.3 is 5.97 Å². The molecule has 0 bridgehead atoms. The summed E-state index contributed by atoms with van der Waals surface area (Å²) < 4.78 is 33.2. The molecule has 276 valence electrons. The van der Waals surface area contributed by atoms with Gasteiger partial charge in [0.15, 0.2) is 5.82 Å². The standard InChI is InChI=1S/C39H48F2N8O3/c1-25(50)47-15-13-35-34(24-47)38(48-14-3-4-27-20-32(28-22-42-44(2)23-28)33(37(40)41)21-36(27)48)43-49(35)31-11-9-30(10-12-31)46-18-16-45(17-19-46)29-7-5-26(6-8-29)39(51)52/h5-8,20-23,25,30-31,37,50H,3-4,9-19,24H2,1-2H3,(H,51,52). The van der Waals surface area contributed by atoms with E-state index in [0.29, 0.717) is 35.8 Å². The van der Waals surface area contributed by atoms with E-state index < -0.39 is 18.6 Å². The number of hydrogen-bond donors (Lipinski definition) is 2. The van der Waals surface area contributed by atoms with Gasteiger partial charge < -0.3 is 20.0 Å². The largest absolute Gasteiger partial charge is 0.478 e. The van der Waals surface area contributed by atoms with Crippen LogP contribution in [0.2, 0.25) is 0 Å². The molecule has 1 saturated heterocycles. The maximum absolute atomic E-state index is 14.7. The molecule has 1 atom stereocenters. The molecule has 3 aliphatic heterocycles. The van der Waals surface area contributed by atoms with Gasteiger partial charge in [-0.3, -0.25) is 19.2 Å². The minimum Gasteiger partial charge on any atom is -0.478 e. The van der Waals surface area contributed by atoms with E-state index in [4.69, 9.17) is 5.10 Å². The maximum atomic E-state index is 14.7. The Labute approximate surface area is 303 Å². The Hall–Kier alpha value is -4.33. The molecule has 1 unspecified atom stereocenters. The first-order valence-electron chi connectivity index (χ1n) is 18.7. The Bertz CT molecular complexity index is 1910. The summed E-state index contributed by atoms with van der Waals surface area (Å²) in [6.07, 6.45) is 6.91. The minimum atomic E-state index is -2.63. The summed E-state index contributed by atoms with van der Waals surface area (Å²) in [5.74, 6) is -0.0677. The number of carboxylic acids is 1. The molecular weight excluding hydrogens is 666 g/mol. The second-order valence-electron chi connectivity index (χ2n) is 14.9. The van der Waals surface area contributed by atoms with Crippen LogP contribution >= 0.6 is 0 Å². The monoisotopic (exact) mass is 714 g/mol. The maximum Gasteiger partial charge on any atom is 0.335 e. The second-order valence-corrected chi connectivity index (χ2v) is 14.9. The quantitative estimate of drug-likeness (QED) is 0.227. The van der Waals surface area contributed by atoms with Crippen molar-refractivity contribution in [1.82, 2.24) is 29.4 Å². The molecule has 11 nitrogen and oxygen atoms in total. The first-order valence-corrected chi connectivity index (χ1v) is 18.7. The molecule has 8 rings (SSSR count). The highest BCUT2D eigenvalue weighted by molar-refractivity contribution is 5.88. The predicted octanol–water partition coefficient (Wildman–Crippen LogP) is 6.01. The second kappa shape index (κ2) is 14.2. The molecule has 52 heavy (non-hydrogen) atoms. The van der Waals surface area contributed by atoms with Crippen LogP contribution < -0.4 is 9.80 Å². The van der Waals surface area contributed by atoms with Gasteiger partial charge in [-0.05, 0) is 93.0 Å². The molecule has 1 aliphatic carbocycles. The van der Waals surface area contributed by atoms with Crippen molar-refractivity contribution in [2.45, 2.75) is 83.2 Å². The minimum absolute atomic E-state index is 0.00723. The molecule has 0 amide bonds. The van der Waals surface area contributed by atoms with E-state index in [-0.39, 0.29) is 11.6 Å². The van der Waals surface area contributed by atoms with Gasteiger partial charge in [-0.1, -0.05) is 0 Å². The lowest BCUT2D eigenvalue weighted by molar-refractivity contribution is 0.00850.